The van der Waals surface area contributed by atoms with Crippen molar-refractivity contribution in [2.45, 2.75) is 45.4 Å². The number of imidazole rings is 1. The average Bonchev–Trinajstić information content (AvgIpc) is 3.21. The van der Waals surface area contributed by atoms with Crippen molar-refractivity contribution < 1.29 is 9.59 Å². The second-order valence-electron chi connectivity index (χ2n) is 7.23. The van der Waals surface area contributed by atoms with E-state index in [4.69, 9.17) is 0 Å². The minimum atomic E-state index is -0.259. The maximum Gasteiger partial charge on any atom is 0.315 e. The van der Waals surface area contributed by atoms with Crippen LogP contribution in [0.15, 0.2) is 18.5 Å². The molecule has 0 aromatic carbocycles. The van der Waals surface area contributed by atoms with E-state index in [9.17, 15) is 9.59 Å². The first kappa shape index (κ1) is 17.6. The van der Waals surface area contributed by atoms with Gasteiger partial charge >= 0.3 is 6.03 Å². The highest BCUT2D eigenvalue weighted by Gasteiger charge is 2.31. The molecule has 3 heterocycles. The Morgan fingerprint density at radius 3 is 2.74 bits per heavy atom. The molecule has 2 aliphatic rings. The van der Waals surface area contributed by atoms with E-state index in [0.717, 1.165) is 30.1 Å². The highest BCUT2D eigenvalue weighted by molar-refractivity contribution is 5.79. The summed E-state index contributed by atoms with van der Waals surface area (Å²) in [6.07, 6.45) is 6.75. The predicted molar refractivity (Wildman–Crippen MR) is 97.3 cm³/mol. The van der Waals surface area contributed by atoms with E-state index in [1.165, 1.54) is 6.42 Å². The van der Waals surface area contributed by atoms with Crippen molar-refractivity contribution in [3.63, 3.8) is 0 Å². The van der Waals surface area contributed by atoms with E-state index < -0.39 is 0 Å². The van der Waals surface area contributed by atoms with Crippen molar-refractivity contribution in [1.29, 1.82) is 0 Å². The van der Waals surface area contributed by atoms with Gasteiger partial charge in [0.1, 0.15) is 5.82 Å². The van der Waals surface area contributed by atoms with Gasteiger partial charge in [0.25, 0.3) is 0 Å². The monoisotopic (exact) mass is 371 g/mol. The summed E-state index contributed by atoms with van der Waals surface area (Å²) >= 11 is 0. The Labute approximate surface area is 157 Å². The van der Waals surface area contributed by atoms with Gasteiger partial charge in [-0.3, -0.25) is 9.48 Å². The Bertz CT molecular complexity index is 837. The lowest BCUT2D eigenvalue weighted by molar-refractivity contribution is -0.139. The number of amides is 3. The van der Waals surface area contributed by atoms with Crippen LogP contribution in [0.5, 0.6) is 0 Å². The van der Waals surface area contributed by atoms with Crippen molar-refractivity contribution in [2.24, 2.45) is 13.0 Å². The fourth-order valence-electron chi connectivity index (χ4n) is 3.47. The molecular weight excluding hydrogens is 346 g/mol. The molecule has 2 aromatic heterocycles. The van der Waals surface area contributed by atoms with E-state index in [-0.39, 0.29) is 17.9 Å². The van der Waals surface area contributed by atoms with Gasteiger partial charge in [0.15, 0.2) is 0 Å². The van der Waals surface area contributed by atoms with Crippen molar-refractivity contribution in [2.75, 3.05) is 6.54 Å². The van der Waals surface area contributed by atoms with Gasteiger partial charge in [-0.1, -0.05) is 6.42 Å². The molecule has 1 aliphatic heterocycles. The maximum atomic E-state index is 12.4. The summed E-state index contributed by atoms with van der Waals surface area (Å²) < 4.78 is 3.80. The van der Waals surface area contributed by atoms with Crippen LogP contribution in [0, 0.1) is 5.92 Å². The number of hydrogen-bond donors (Lipinski definition) is 2. The van der Waals surface area contributed by atoms with E-state index in [1.807, 2.05) is 33.5 Å². The molecule has 0 radical (unpaired) electrons. The average molecular weight is 371 g/mol. The zero-order valence-electron chi connectivity index (χ0n) is 15.5. The van der Waals surface area contributed by atoms with Crippen LogP contribution < -0.4 is 10.6 Å². The number of aryl methyl sites for hydroxylation is 1. The predicted octanol–water partition coefficient (Wildman–Crippen LogP) is 0.758. The van der Waals surface area contributed by atoms with Crippen LogP contribution >= 0.6 is 0 Å². The minimum absolute atomic E-state index is 0.225. The second kappa shape index (κ2) is 7.42. The summed E-state index contributed by atoms with van der Waals surface area (Å²) in [5.74, 6) is 1.30. The van der Waals surface area contributed by atoms with E-state index >= 15 is 0 Å². The number of carbonyl (C=O) groups excluding carboxylic acids is 2. The first-order valence-electron chi connectivity index (χ1n) is 9.42. The molecule has 0 atom stereocenters. The van der Waals surface area contributed by atoms with Crippen LogP contribution in [0.1, 0.15) is 36.5 Å². The number of fused-ring (bicyclic) bond motifs is 1. The molecule has 0 bridgehead atoms. The minimum Gasteiger partial charge on any atom is -0.337 e. The molecule has 9 nitrogen and oxygen atoms in total. The summed E-state index contributed by atoms with van der Waals surface area (Å²) in [4.78, 5) is 30.5. The van der Waals surface area contributed by atoms with Gasteiger partial charge in [0.05, 0.1) is 37.6 Å². The van der Waals surface area contributed by atoms with Gasteiger partial charge in [0.2, 0.25) is 5.91 Å². The first-order valence-corrected chi connectivity index (χ1v) is 9.42. The number of aromatic nitrogens is 4. The van der Waals surface area contributed by atoms with Crippen LogP contribution in [0.3, 0.4) is 0 Å². The van der Waals surface area contributed by atoms with Gasteiger partial charge < -0.3 is 20.1 Å². The smallest absolute Gasteiger partial charge is 0.315 e. The number of hydrogen-bond acceptors (Lipinski definition) is 4. The van der Waals surface area contributed by atoms with Crippen LogP contribution in [0.4, 0.5) is 4.79 Å². The molecule has 27 heavy (non-hydrogen) atoms. The SMILES string of the molecule is Cn1ccnc1CNC(=O)NCc1cc2n(n1)CCN(C(=O)C1CCC1)C2. The van der Waals surface area contributed by atoms with Gasteiger partial charge in [-0.25, -0.2) is 9.78 Å². The summed E-state index contributed by atoms with van der Waals surface area (Å²) in [6.45, 7) is 2.74. The standard InChI is InChI=1S/C18H25N7O2/c1-23-6-5-19-16(23)11-21-18(27)20-10-14-9-15-12-24(7-8-25(15)22-14)17(26)13-3-2-4-13/h5-6,9,13H,2-4,7-8,10-12H2,1H3,(H2,20,21,27). The quantitative estimate of drug-likeness (QED) is 0.811. The molecule has 144 valence electrons. The summed E-state index contributed by atoms with van der Waals surface area (Å²) in [7, 11) is 1.89. The molecule has 9 heteroatoms. The highest BCUT2D eigenvalue weighted by Crippen LogP contribution is 2.29. The van der Waals surface area contributed by atoms with Crippen LogP contribution in [-0.4, -0.2) is 42.7 Å². The Hall–Kier alpha value is -2.84. The number of rotatable bonds is 5. The molecule has 0 spiro atoms. The van der Waals surface area contributed by atoms with E-state index in [1.54, 1.807) is 6.20 Å². The molecule has 1 fully saturated rings. The summed E-state index contributed by atoms with van der Waals surface area (Å²) in [5.41, 5.74) is 1.83. The Kier molecular flexibility index (Phi) is 4.83. The van der Waals surface area contributed by atoms with Crippen molar-refractivity contribution in [1.82, 2.24) is 34.9 Å². The maximum absolute atomic E-state index is 12.4. The summed E-state index contributed by atoms with van der Waals surface area (Å²) in [5, 5.41) is 10.1. The van der Waals surface area contributed by atoms with E-state index in [0.29, 0.717) is 32.7 Å². The number of nitrogens with one attached hydrogen (secondary N) is 2. The number of carbonyl (C=O) groups is 2. The molecule has 0 saturated heterocycles. The lowest BCUT2D eigenvalue weighted by Crippen LogP contribution is -2.43. The van der Waals surface area contributed by atoms with Crippen LogP contribution in [0.25, 0.3) is 0 Å². The fraction of sp³-hybridized carbons (Fsp3) is 0.556. The molecule has 2 N–H and O–H groups in total. The van der Waals surface area contributed by atoms with Crippen LogP contribution in [0.2, 0.25) is 0 Å². The van der Waals surface area contributed by atoms with Crippen molar-refractivity contribution >= 4 is 11.9 Å². The lowest BCUT2D eigenvalue weighted by atomic mass is 9.84. The molecule has 0 unspecified atom stereocenters. The van der Waals surface area contributed by atoms with Crippen LogP contribution in [-0.2, 0) is 38.0 Å². The largest absolute Gasteiger partial charge is 0.337 e. The topological polar surface area (TPSA) is 97.1 Å². The van der Waals surface area contributed by atoms with Gasteiger partial charge in [-0.2, -0.15) is 5.10 Å². The van der Waals surface area contributed by atoms with Crippen molar-refractivity contribution in [3.8, 4) is 0 Å². The molecule has 3 amide bonds. The molecule has 2 aromatic rings. The Morgan fingerprint density at radius 2 is 2.04 bits per heavy atom. The third-order valence-electron chi connectivity index (χ3n) is 5.37. The fourth-order valence-corrected chi connectivity index (χ4v) is 3.47. The zero-order chi connectivity index (χ0) is 18.8. The number of urea groups is 1. The second-order valence-corrected chi connectivity index (χ2v) is 7.23. The third-order valence-corrected chi connectivity index (χ3v) is 5.37. The molecule has 1 saturated carbocycles. The molecule has 4 rings (SSSR count). The first-order chi connectivity index (χ1) is 13.1. The highest BCUT2D eigenvalue weighted by atomic mass is 16.2. The van der Waals surface area contributed by atoms with Gasteiger partial charge in [-0.15, -0.1) is 0 Å². The van der Waals surface area contributed by atoms with Gasteiger partial charge in [0, 0.05) is 31.9 Å². The Balaban J connectivity index is 1.27. The Morgan fingerprint density at radius 1 is 1.22 bits per heavy atom. The lowest BCUT2D eigenvalue weighted by Gasteiger charge is -2.34. The molecule has 1 aliphatic carbocycles. The van der Waals surface area contributed by atoms with Gasteiger partial charge in [-0.05, 0) is 18.9 Å². The molecular formula is C18H25N7O2. The number of nitrogens with zero attached hydrogens (tertiary/aromatic N) is 5. The summed E-state index contributed by atoms with van der Waals surface area (Å²) in [6, 6.07) is 1.71. The van der Waals surface area contributed by atoms with Crippen molar-refractivity contribution in [3.05, 3.63) is 35.7 Å². The van der Waals surface area contributed by atoms with E-state index in [2.05, 4.69) is 20.7 Å². The zero-order valence-corrected chi connectivity index (χ0v) is 15.5. The third kappa shape index (κ3) is 3.81. The normalized spacial score (nSPS) is 16.6.